The van der Waals surface area contributed by atoms with Crippen molar-refractivity contribution in [2.45, 2.75) is 5.22 Å². The fourth-order valence-corrected chi connectivity index (χ4v) is 1.42. The molecule has 0 saturated carbocycles. The van der Waals surface area contributed by atoms with Crippen LogP contribution in [0.2, 0.25) is 0 Å². The largest absolute Gasteiger partial charge is 0.410 e. The molecule has 0 aliphatic heterocycles. The van der Waals surface area contributed by atoms with Crippen LogP contribution in [0.5, 0.6) is 0 Å². The molecule has 0 saturated heterocycles. The lowest BCUT2D eigenvalue weighted by Gasteiger charge is -1.91. The minimum atomic E-state index is -0.441. The third kappa shape index (κ3) is 2.54. The van der Waals surface area contributed by atoms with Gasteiger partial charge in [0, 0.05) is 12.4 Å². The lowest BCUT2D eigenvalue weighted by atomic mass is 10.4. The summed E-state index contributed by atoms with van der Waals surface area (Å²) in [6, 6.07) is 0. The van der Waals surface area contributed by atoms with Crippen molar-refractivity contribution in [3.05, 3.63) is 18.6 Å². The maximum absolute atomic E-state index is 10.5. The van der Waals surface area contributed by atoms with Gasteiger partial charge in [0.1, 0.15) is 5.69 Å². The first-order chi connectivity index (χ1) is 7.75. The summed E-state index contributed by atoms with van der Waals surface area (Å²) in [5, 5.41) is 7.78. The monoisotopic (exact) mass is 237 g/mol. The van der Waals surface area contributed by atoms with Crippen molar-refractivity contribution in [1.82, 2.24) is 20.2 Å². The second-order valence-electron chi connectivity index (χ2n) is 2.72. The Balaban J connectivity index is 2.11. The van der Waals surface area contributed by atoms with E-state index in [1.165, 1.54) is 12.4 Å². The second kappa shape index (κ2) is 4.71. The summed E-state index contributed by atoms with van der Waals surface area (Å²) in [4.78, 5) is 18.4. The Hall–Kier alpha value is -1.96. The first-order valence-electron chi connectivity index (χ1n) is 4.26. The van der Waals surface area contributed by atoms with E-state index in [0.717, 1.165) is 11.8 Å². The number of nitrogens with zero attached hydrogens (tertiary/aromatic N) is 4. The van der Waals surface area contributed by atoms with E-state index in [4.69, 9.17) is 10.2 Å². The van der Waals surface area contributed by atoms with Gasteiger partial charge in [0.05, 0.1) is 11.9 Å². The van der Waals surface area contributed by atoms with Crippen LogP contribution in [0.15, 0.2) is 28.2 Å². The number of primary amides is 1. The first-order valence-corrected chi connectivity index (χ1v) is 5.25. The van der Waals surface area contributed by atoms with Gasteiger partial charge < -0.3 is 10.2 Å². The van der Waals surface area contributed by atoms with Crippen LogP contribution in [0.3, 0.4) is 0 Å². The van der Waals surface area contributed by atoms with E-state index >= 15 is 0 Å². The molecule has 82 valence electrons. The van der Waals surface area contributed by atoms with Crippen molar-refractivity contribution in [3.63, 3.8) is 0 Å². The molecule has 2 aromatic heterocycles. The van der Waals surface area contributed by atoms with Crippen molar-refractivity contribution in [2.75, 3.05) is 5.75 Å². The smallest absolute Gasteiger partial charge is 0.277 e. The highest BCUT2D eigenvalue weighted by atomic mass is 32.2. The van der Waals surface area contributed by atoms with Gasteiger partial charge in [-0.2, -0.15) is 0 Å². The molecule has 0 aromatic carbocycles. The van der Waals surface area contributed by atoms with E-state index in [0.29, 0.717) is 5.69 Å². The van der Waals surface area contributed by atoms with Crippen molar-refractivity contribution in [1.29, 1.82) is 0 Å². The molecule has 2 aromatic rings. The number of hydrogen-bond acceptors (Lipinski definition) is 7. The van der Waals surface area contributed by atoms with Gasteiger partial charge in [-0.1, -0.05) is 11.8 Å². The van der Waals surface area contributed by atoms with Crippen LogP contribution >= 0.6 is 11.8 Å². The van der Waals surface area contributed by atoms with Crippen LogP contribution in [0.4, 0.5) is 0 Å². The summed E-state index contributed by atoms with van der Waals surface area (Å²) >= 11 is 1.08. The Labute approximate surface area is 94.5 Å². The predicted molar refractivity (Wildman–Crippen MR) is 55.2 cm³/mol. The molecule has 0 aliphatic rings. The van der Waals surface area contributed by atoms with Crippen LogP contribution in [0.25, 0.3) is 11.6 Å². The van der Waals surface area contributed by atoms with Crippen molar-refractivity contribution < 1.29 is 9.21 Å². The van der Waals surface area contributed by atoms with Gasteiger partial charge >= 0.3 is 0 Å². The summed E-state index contributed by atoms with van der Waals surface area (Å²) in [7, 11) is 0. The highest BCUT2D eigenvalue weighted by molar-refractivity contribution is 7.99. The van der Waals surface area contributed by atoms with Crippen LogP contribution in [-0.4, -0.2) is 31.8 Å². The number of hydrogen-bond donors (Lipinski definition) is 1. The van der Waals surface area contributed by atoms with Gasteiger partial charge in [-0.25, -0.2) is 4.98 Å². The van der Waals surface area contributed by atoms with E-state index < -0.39 is 5.91 Å². The molecule has 1 amide bonds. The van der Waals surface area contributed by atoms with Crippen molar-refractivity contribution in [3.8, 4) is 11.6 Å². The van der Waals surface area contributed by atoms with E-state index in [-0.39, 0.29) is 16.9 Å². The molecule has 0 fully saturated rings. The fourth-order valence-electron chi connectivity index (χ4n) is 0.914. The molecule has 0 radical (unpaired) electrons. The van der Waals surface area contributed by atoms with Gasteiger partial charge in [-0.05, 0) is 0 Å². The van der Waals surface area contributed by atoms with Gasteiger partial charge in [-0.15, -0.1) is 10.2 Å². The summed E-state index contributed by atoms with van der Waals surface area (Å²) in [5.41, 5.74) is 5.47. The fraction of sp³-hybridized carbons (Fsp3) is 0.125. The van der Waals surface area contributed by atoms with Crippen LogP contribution in [0, 0.1) is 0 Å². The Morgan fingerprint density at radius 2 is 2.31 bits per heavy atom. The minimum Gasteiger partial charge on any atom is -0.410 e. The van der Waals surface area contributed by atoms with Crippen LogP contribution in [0.1, 0.15) is 0 Å². The topological polar surface area (TPSA) is 108 Å². The number of rotatable bonds is 4. The molecule has 2 rings (SSSR count). The van der Waals surface area contributed by atoms with Gasteiger partial charge in [0.15, 0.2) is 0 Å². The molecule has 7 nitrogen and oxygen atoms in total. The number of carbonyl (C=O) groups is 1. The Morgan fingerprint density at radius 3 is 3.00 bits per heavy atom. The zero-order chi connectivity index (χ0) is 11.4. The summed E-state index contributed by atoms with van der Waals surface area (Å²) in [5.74, 6) is -0.0772. The lowest BCUT2D eigenvalue weighted by molar-refractivity contribution is -0.115. The molecule has 8 heteroatoms. The van der Waals surface area contributed by atoms with E-state index in [1.807, 2.05) is 0 Å². The van der Waals surface area contributed by atoms with E-state index in [9.17, 15) is 4.79 Å². The van der Waals surface area contributed by atoms with Crippen molar-refractivity contribution >= 4 is 17.7 Å². The maximum atomic E-state index is 10.5. The maximum Gasteiger partial charge on any atom is 0.277 e. The SMILES string of the molecule is NC(=O)CSc1nnc(-c2cnccn2)o1. The number of aromatic nitrogens is 4. The average Bonchev–Trinajstić information content (AvgIpc) is 2.76. The third-order valence-electron chi connectivity index (χ3n) is 1.53. The minimum absolute atomic E-state index is 0.0993. The van der Waals surface area contributed by atoms with Crippen LogP contribution in [-0.2, 0) is 4.79 Å². The Bertz CT molecular complexity index is 486. The van der Waals surface area contributed by atoms with E-state index in [2.05, 4.69) is 20.2 Å². The quantitative estimate of drug-likeness (QED) is 0.751. The lowest BCUT2D eigenvalue weighted by Crippen LogP contribution is -2.12. The Morgan fingerprint density at radius 1 is 1.44 bits per heavy atom. The third-order valence-corrected chi connectivity index (χ3v) is 2.37. The molecule has 2 N–H and O–H groups in total. The normalized spacial score (nSPS) is 10.2. The summed E-state index contributed by atoms with van der Waals surface area (Å²) < 4.78 is 5.25. The van der Waals surface area contributed by atoms with Gasteiger partial charge in [-0.3, -0.25) is 9.78 Å². The average molecular weight is 237 g/mol. The number of amides is 1. The zero-order valence-electron chi connectivity index (χ0n) is 8.03. The molecule has 0 unspecified atom stereocenters. The summed E-state index contributed by atoms with van der Waals surface area (Å²) in [6.07, 6.45) is 4.58. The molecule has 0 spiro atoms. The van der Waals surface area contributed by atoms with E-state index in [1.54, 1.807) is 6.20 Å². The standard InChI is InChI=1S/C8H7N5O2S/c9-6(14)4-16-8-13-12-7(15-8)5-3-10-1-2-11-5/h1-3H,4H2,(H2,9,14). The molecular formula is C8H7N5O2S. The van der Waals surface area contributed by atoms with Crippen LogP contribution < -0.4 is 5.73 Å². The molecule has 0 atom stereocenters. The van der Waals surface area contributed by atoms with Gasteiger partial charge in [0.25, 0.3) is 11.1 Å². The molecule has 0 aliphatic carbocycles. The molecular weight excluding hydrogens is 230 g/mol. The second-order valence-corrected chi connectivity index (χ2v) is 3.65. The number of carbonyl (C=O) groups excluding carboxylic acids is 1. The first kappa shape index (κ1) is 10.6. The predicted octanol–water partition coefficient (Wildman–Crippen LogP) is 0.104. The van der Waals surface area contributed by atoms with Gasteiger partial charge in [0.2, 0.25) is 5.91 Å². The summed E-state index contributed by atoms with van der Waals surface area (Å²) in [6.45, 7) is 0. The zero-order valence-corrected chi connectivity index (χ0v) is 8.85. The molecule has 16 heavy (non-hydrogen) atoms. The number of nitrogens with two attached hydrogens (primary N) is 1. The number of thioether (sulfide) groups is 1. The molecule has 2 heterocycles. The highest BCUT2D eigenvalue weighted by Crippen LogP contribution is 2.20. The molecule has 0 bridgehead atoms. The van der Waals surface area contributed by atoms with Crippen molar-refractivity contribution in [2.24, 2.45) is 5.73 Å². The highest BCUT2D eigenvalue weighted by Gasteiger charge is 2.10. The Kier molecular flexibility index (Phi) is 3.10.